The van der Waals surface area contributed by atoms with Crippen LogP contribution in [0.4, 0.5) is 18.9 Å². The molecule has 3 N–H and O–H groups in total. The lowest BCUT2D eigenvalue weighted by molar-refractivity contribution is -0.117. The van der Waals surface area contributed by atoms with Crippen molar-refractivity contribution >= 4 is 11.6 Å². The second kappa shape index (κ2) is 4.98. The molecule has 0 spiro atoms. The van der Waals surface area contributed by atoms with Crippen molar-refractivity contribution in [3.8, 4) is 0 Å². The molecule has 0 aliphatic rings. The molecule has 6 heteroatoms. The maximum Gasteiger partial charge on any atom is 0.241 e. The van der Waals surface area contributed by atoms with Crippen LogP contribution in [0.25, 0.3) is 0 Å². The van der Waals surface area contributed by atoms with Crippen molar-refractivity contribution in [2.75, 3.05) is 5.32 Å². The zero-order chi connectivity index (χ0) is 12.3. The van der Waals surface area contributed by atoms with Gasteiger partial charge in [-0.2, -0.15) is 0 Å². The zero-order valence-electron chi connectivity index (χ0n) is 8.56. The standard InChI is InChI=1S/C10H11F3N2O/c1-2-6(14)10(16)15-7-4-3-5(11)8(12)9(7)13/h3-4,6H,2,14H2,1H3,(H,15,16). The van der Waals surface area contributed by atoms with Crippen LogP contribution in [0, 0.1) is 17.5 Å². The molecular weight excluding hydrogens is 221 g/mol. The third kappa shape index (κ3) is 2.52. The molecule has 1 atom stereocenters. The van der Waals surface area contributed by atoms with E-state index in [9.17, 15) is 18.0 Å². The van der Waals surface area contributed by atoms with Gasteiger partial charge < -0.3 is 11.1 Å². The molecule has 1 amide bonds. The van der Waals surface area contributed by atoms with Crippen LogP contribution in [0.2, 0.25) is 0 Å². The average molecular weight is 232 g/mol. The normalized spacial score (nSPS) is 12.3. The third-order valence-corrected chi connectivity index (χ3v) is 2.07. The molecule has 1 aromatic rings. The summed E-state index contributed by atoms with van der Waals surface area (Å²) in [6.07, 6.45) is 0.358. The summed E-state index contributed by atoms with van der Waals surface area (Å²) in [6.45, 7) is 1.67. The Kier molecular flexibility index (Phi) is 3.89. The van der Waals surface area contributed by atoms with Crippen molar-refractivity contribution in [2.24, 2.45) is 5.73 Å². The van der Waals surface area contributed by atoms with E-state index in [0.29, 0.717) is 6.42 Å². The molecule has 16 heavy (non-hydrogen) atoms. The molecular formula is C10H11F3N2O. The molecule has 0 heterocycles. The van der Waals surface area contributed by atoms with Crippen molar-refractivity contribution in [1.82, 2.24) is 0 Å². The van der Waals surface area contributed by atoms with E-state index in [1.165, 1.54) is 0 Å². The minimum Gasteiger partial charge on any atom is -0.322 e. The fourth-order valence-corrected chi connectivity index (χ4v) is 1.03. The Morgan fingerprint density at radius 1 is 1.38 bits per heavy atom. The second-order valence-corrected chi connectivity index (χ2v) is 3.23. The van der Waals surface area contributed by atoms with Crippen molar-refractivity contribution in [2.45, 2.75) is 19.4 Å². The van der Waals surface area contributed by atoms with E-state index in [-0.39, 0.29) is 0 Å². The second-order valence-electron chi connectivity index (χ2n) is 3.23. The molecule has 0 saturated heterocycles. The van der Waals surface area contributed by atoms with Crippen LogP contribution in [0.15, 0.2) is 12.1 Å². The molecule has 0 aliphatic carbocycles. The van der Waals surface area contributed by atoms with E-state index in [4.69, 9.17) is 5.73 Å². The lowest BCUT2D eigenvalue weighted by atomic mass is 10.2. The average Bonchev–Trinajstić information content (AvgIpc) is 2.28. The molecule has 1 unspecified atom stereocenters. The molecule has 3 nitrogen and oxygen atoms in total. The maximum atomic E-state index is 13.1. The van der Waals surface area contributed by atoms with Crippen molar-refractivity contribution in [3.05, 3.63) is 29.6 Å². The number of rotatable bonds is 3. The Morgan fingerprint density at radius 3 is 2.56 bits per heavy atom. The lowest BCUT2D eigenvalue weighted by Gasteiger charge is -2.10. The van der Waals surface area contributed by atoms with E-state index >= 15 is 0 Å². The number of nitrogens with two attached hydrogens (primary N) is 1. The number of hydrogen-bond donors (Lipinski definition) is 2. The Labute approximate surface area is 90.4 Å². The Morgan fingerprint density at radius 2 is 2.00 bits per heavy atom. The molecule has 0 radical (unpaired) electrons. The minimum absolute atomic E-state index is 0.358. The van der Waals surface area contributed by atoms with Gasteiger partial charge in [-0.3, -0.25) is 4.79 Å². The first-order chi connectivity index (χ1) is 7.47. The van der Waals surface area contributed by atoms with Gasteiger partial charge in [0.15, 0.2) is 17.5 Å². The number of carbonyl (C=O) groups is 1. The quantitative estimate of drug-likeness (QED) is 0.780. The fraction of sp³-hybridized carbons (Fsp3) is 0.300. The lowest BCUT2D eigenvalue weighted by Crippen LogP contribution is -2.35. The van der Waals surface area contributed by atoms with Crippen LogP contribution in [-0.2, 0) is 4.79 Å². The van der Waals surface area contributed by atoms with E-state index in [0.717, 1.165) is 12.1 Å². The van der Waals surface area contributed by atoms with E-state index < -0.39 is 35.1 Å². The van der Waals surface area contributed by atoms with Crippen molar-refractivity contribution < 1.29 is 18.0 Å². The van der Waals surface area contributed by atoms with Gasteiger partial charge in [0.25, 0.3) is 0 Å². The molecule has 0 bridgehead atoms. The monoisotopic (exact) mass is 232 g/mol. The smallest absolute Gasteiger partial charge is 0.241 e. The van der Waals surface area contributed by atoms with Gasteiger partial charge in [0.2, 0.25) is 5.91 Å². The predicted octanol–water partition coefficient (Wildman–Crippen LogP) is 1.78. The number of nitrogens with one attached hydrogen (secondary N) is 1. The number of benzene rings is 1. The van der Waals surface area contributed by atoms with Gasteiger partial charge in [0, 0.05) is 0 Å². The number of amides is 1. The summed E-state index contributed by atoms with van der Waals surface area (Å²) in [5.41, 5.74) is 4.96. The summed E-state index contributed by atoms with van der Waals surface area (Å²) >= 11 is 0. The van der Waals surface area contributed by atoms with Crippen LogP contribution in [0.3, 0.4) is 0 Å². The molecule has 88 valence electrons. The SMILES string of the molecule is CCC(N)C(=O)Nc1ccc(F)c(F)c1F. The molecule has 0 aliphatic heterocycles. The van der Waals surface area contributed by atoms with Gasteiger partial charge in [0.1, 0.15) is 0 Å². The third-order valence-electron chi connectivity index (χ3n) is 2.07. The summed E-state index contributed by atoms with van der Waals surface area (Å²) in [5, 5.41) is 2.08. The van der Waals surface area contributed by atoms with Gasteiger partial charge >= 0.3 is 0 Å². The first kappa shape index (κ1) is 12.5. The number of hydrogen-bond acceptors (Lipinski definition) is 2. The van der Waals surface area contributed by atoms with E-state index in [2.05, 4.69) is 5.32 Å². The largest absolute Gasteiger partial charge is 0.322 e. The van der Waals surface area contributed by atoms with Gasteiger partial charge in [0.05, 0.1) is 11.7 Å². The molecule has 1 aromatic carbocycles. The highest BCUT2D eigenvalue weighted by atomic mass is 19.2. The highest BCUT2D eigenvalue weighted by Crippen LogP contribution is 2.19. The van der Waals surface area contributed by atoms with Crippen LogP contribution in [0.5, 0.6) is 0 Å². The molecule has 0 aromatic heterocycles. The first-order valence-electron chi connectivity index (χ1n) is 4.67. The van der Waals surface area contributed by atoms with Crippen LogP contribution in [-0.4, -0.2) is 11.9 Å². The van der Waals surface area contributed by atoms with Crippen molar-refractivity contribution in [1.29, 1.82) is 0 Å². The highest BCUT2D eigenvalue weighted by molar-refractivity contribution is 5.94. The fourth-order valence-electron chi connectivity index (χ4n) is 1.03. The van der Waals surface area contributed by atoms with Gasteiger partial charge in [-0.25, -0.2) is 13.2 Å². The van der Waals surface area contributed by atoms with E-state index in [1.807, 2.05) is 0 Å². The zero-order valence-corrected chi connectivity index (χ0v) is 8.56. The Balaban J connectivity index is 2.91. The topological polar surface area (TPSA) is 55.1 Å². The maximum absolute atomic E-state index is 13.1. The van der Waals surface area contributed by atoms with E-state index in [1.54, 1.807) is 6.92 Å². The highest BCUT2D eigenvalue weighted by Gasteiger charge is 2.17. The summed E-state index contributed by atoms with van der Waals surface area (Å²) in [7, 11) is 0. The molecule has 0 fully saturated rings. The summed E-state index contributed by atoms with van der Waals surface area (Å²) in [6, 6.07) is 0.854. The Bertz CT molecular complexity index is 409. The first-order valence-corrected chi connectivity index (χ1v) is 4.67. The molecule has 0 saturated carbocycles. The van der Waals surface area contributed by atoms with Gasteiger partial charge in [-0.1, -0.05) is 6.92 Å². The van der Waals surface area contributed by atoms with Gasteiger partial charge in [-0.15, -0.1) is 0 Å². The van der Waals surface area contributed by atoms with Crippen molar-refractivity contribution in [3.63, 3.8) is 0 Å². The summed E-state index contributed by atoms with van der Waals surface area (Å²) < 4.78 is 38.5. The molecule has 1 rings (SSSR count). The Hall–Kier alpha value is -1.56. The van der Waals surface area contributed by atoms with Crippen LogP contribution < -0.4 is 11.1 Å². The summed E-state index contributed by atoms with van der Waals surface area (Å²) in [5.74, 6) is -5.01. The number of anilines is 1. The number of carbonyl (C=O) groups excluding carboxylic acids is 1. The minimum atomic E-state index is -1.62. The van der Waals surface area contributed by atoms with Crippen LogP contribution >= 0.6 is 0 Å². The van der Waals surface area contributed by atoms with Crippen LogP contribution in [0.1, 0.15) is 13.3 Å². The predicted molar refractivity (Wildman–Crippen MR) is 53.2 cm³/mol. The summed E-state index contributed by atoms with van der Waals surface area (Å²) in [4.78, 5) is 11.3. The van der Waals surface area contributed by atoms with Gasteiger partial charge in [-0.05, 0) is 18.6 Å². The number of halogens is 3.